The molecule has 0 saturated carbocycles. The van der Waals surface area contributed by atoms with Gasteiger partial charge >= 0.3 is 0 Å². The fourth-order valence-corrected chi connectivity index (χ4v) is 4.34. The minimum atomic E-state index is -0.373. The van der Waals surface area contributed by atoms with Gasteiger partial charge in [0.25, 0.3) is 5.91 Å². The van der Waals surface area contributed by atoms with Crippen LogP contribution in [0, 0.1) is 0 Å². The maximum absolute atomic E-state index is 13.5. The van der Waals surface area contributed by atoms with E-state index in [1.165, 1.54) is 0 Å². The lowest BCUT2D eigenvalue weighted by atomic mass is 10.1. The van der Waals surface area contributed by atoms with Crippen molar-refractivity contribution in [2.24, 2.45) is 0 Å². The van der Waals surface area contributed by atoms with Gasteiger partial charge in [-0.1, -0.05) is 41.9 Å². The molecule has 3 rings (SSSR count). The molecule has 7 heteroatoms. The highest BCUT2D eigenvalue weighted by atomic mass is 79.9. The molecule has 2 aromatic carbocycles. The van der Waals surface area contributed by atoms with Gasteiger partial charge < -0.3 is 14.8 Å². The number of imidazole rings is 1. The topological polar surface area (TPSA) is 67.2 Å². The largest absolute Gasteiger partial charge is 0.342 e. The number of nitrogens with one attached hydrogen (secondary N) is 1. The van der Waals surface area contributed by atoms with E-state index in [1.54, 1.807) is 12.1 Å². The van der Waals surface area contributed by atoms with Crippen molar-refractivity contribution in [1.29, 1.82) is 0 Å². The van der Waals surface area contributed by atoms with Crippen LogP contribution in [0.1, 0.15) is 69.7 Å². The summed E-state index contributed by atoms with van der Waals surface area (Å²) in [5.41, 5.74) is 2.27. The van der Waals surface area contributed by atoms with Gasteiger partial charge in [0.05, 0.1) is 17.1 Å². The molecule has 3 atom stereocenters. The van der Waals surface area contributed by atoms with Gasteiger partial charge in [0.15, 0.2) is 0 Å². The van der Waals surface area contributed by atoms with Gasteiger partial charge in [-0.3, -0.25) is 9.59 Å². The third kappa shape index (κ3) is 5.64. The Hall–Kier alpha value is -2.67. The summed E-state index contributed by atoms with van der Waals surface area (Å²) in [6.45, 7) is 10.5. The third-order valence-electron chi connectivity index (χ3n) is 6.24. The first-order valence-corrected chi connectivity index (χ1v) is 12.4. The number of aromatic nitrogens is 2. The number of amides is 2. The molecule has 0 saturated heterocycles. The molecular weight excluding hydrogens is 480 g/mol. The number of benzene rings is 2. The summed E-state index contributed by atoms with van der Waals surface area (Å²) in [5, 5.41) is 3.04. The van der Waals surface area contributed by atoms with Gasteiger partial charge in [0.2, 0.25) is 5.91 Å². The Morgan fingerprint density at radius 3 is 2.21 bits per heavy atom. The van der Waals surface area contributed by atoms with Crippen LogP contribution < -0.4 is 5.32 Å². The van der Waals surface area contributed by atoms with Crippen LogP contribution >= 0.6 is 15.9 Å². The fourth-order valence-electron chi connectivity index (χ4n) is 4.07. The molecule has 0 spiro atoms. The van der Waals surface area contributed by atoms with E-state index < -0.39 is 0 Å². The quantitative estimate of drug-likeness (QED) is 0.398. The summed E-state index contributed by atoms with van der Waals surface area (Å²) in [6, 6.07) is 14.9. The van der Waals surface area contributed by atoms with Crippen LogP contribution in [0.15, 0.2) is 53.0 Å². The molecule has 3 aromatic rings. The summed E-state index contributed by atoms with van der Waals surface area (Å²) >= 11 is 3.40. The van der Waals surface area contributed by atoms with E-state index in [0.29, 0.717) is 11.4 Å². The van der Waals surface area contributed by atoms with Crippen LogP contribution in [0.3, 0.4) is 0 Å². The highest BCUT2D eigenvalue weighted by Gasteiger charge is 2.26. The van der Waals surface area contributed by atoms with Crippen LogP contribution in [0.4, 0.5) is 0 Å². The Morgan fingerprint density at radius 1 is 1.00 bits per heavy atom. The molecule has 2 amide bonds. The lowest BCUT2D eigenvalue weighted by Crippen LogP contribution is -2.46. The number of carbonyl (C=O) groups is 2. The molecule has 0 aliphatic heterocycles. The zero-order valence-corrected chi connectivity index (χ0v) is 21.6. The molecule has 6 nitrogen and oxygen atoms in total. The molecular formula is C26H33BrN4O2. The Kier molecular flexibility index (Phi) is 8.30. The number of fused-ring (bicyclic) bond motifs is 1. The average molecular weight is 513 g/mol. The maximum Gasteiger partial charge on any atom is 0.251 e. The molecule has 0 fully saturated rings. The first kappa shape index (κ1) is 25.0. The Bertz CT molecular complexity index is 1100. The Morgan fingerprint density at radius 2 is 1.61 bits per heavy atom. The number of rotatable bonds is 9. The van der Waals surface area contributed by atoms with Crippen LogP contribution in [-0.4, -0.2) is 38.3 Å². The summed E-state index contributed by atoms with van der Waals surface area (Å²) in [5.74, 6) is 0.554. The summed E-state index contributed by atoms with van der Waals surface area (Å²) in [7, 11) is 0. The van der Waals surface area contributed by atoms with Crippen molar-refractivity contribution in [2.75, 3.05) is 0 Å². The van der Waals surface area contributed by atoms with Gasteiger partial charge in [-0.15, -0.1) is 0 Å². The highest BCUT2D eigenvalue weighted by Crippen LogP contribution is 2.23. The van der Waals surface area contributed by atoms with E-state index in [2.05, 4.69) is 48.9 Å². The van der Waals surface area contributed by atoms with E-state index in [0.717, 1.165) is 28.3 Å². The zero-order chi connectivity index (χ0) is 24.1. The van der Waals surface area contributed by atoms with Gasteiger partial charge in [-0.25, -0.2) is 4.98 Å². The number of para-hydroxylation sites is 2. The highest BCUT2D eigenvalue weighted by molar-refractivity contribution is 9.10. The predicted molar refractivity (Wildman–Crippen MR) is 136 cm³/mol. The van der Waals surface area contributed by atoms with Crippen molar-refractivity contribution < 1.29 is 9.59 Å². The molecule has 0 bridgehead atoms. The van der Waals surface area contributed by atoms with Crippen molar-refractivity contribution >= 4 is 38.8 Å². The minimum Gasteiger partial charge on any atom is -0.342 e. The van der Waals surface area contributed by atoms with E-state index in [-0.39, 0.29) is 36.5 Å². The molecule has 33 heavy (non-hydrogen) atoms. The van der Waals surface area contributed by atoms with Gasteiger partial charge in [0, 0.05) is 22.1 Å². The summed E-state index contributed by atoms with van der Waals surface area (Å²) in [4.78, 5) is 33.1. The van der Waals surface area contributed by atoms with Gasteiger partial charge in [-0.2, -0.15) is 0 Å². The van der Waals surface area contributed by atoms with Crippen LogP contribution in [0.5, 0.6) is 0 Å². The van der Waals surface area contributed by atoms with Gasteiger partial charge in [-0.05, 0) is 70.0 Å². The number of hydrogen-bond donors (Lipinski definition) is 1. The molecule has 1 N–H and O–H groups in total. The molecule has 0 radical (unpaired) electrons. The van der Waals surface area contributed by atoms with Crippen molar-refractivity contribution in [2.45, 2.75) is 72.1 Å². The van der Waals surface area contributed by atoms with Crippen molar-refractivity contribution in [3.05, 3.63) is 64.4 Å². The lowest BCUT2D eigenvalue weighted by molar-refractivity contribution is -0.136. The SMILES string of the molecule is CCC(C)N(C(=O)Cn1c(C(C)NC(=O)c2ccc(Br)cc2)nc2ccccc21)C(C)CC. The second-order valence-corrected chi connectivity index (χ2v) is 9.48. The molecule has 1 aromatic heterocycles. The molecule has 0 aliphatic carbocycles. The maximum atomic E-state index is 13.5. The first-order valence-electron chi connectivity index (χ1n) is 11.6. The van der Waals surface area contributed by atoms with E-state index >= 15 is 0 Å². The van der Waals surface area contributed by atoms with Crippen molar-refractivity contribution in [3.63, 3.8) is 0 Å². The van der Waals surface area contributed by atoms with Gasteiger partial charge in [0.1, 0.15) is 12.4 Å². The first-order chi connectivity index (χ1) is 15.8. The predicted octanol–water partition coefficient (Wildman–Crippen LogP) is 5.72. The molecule has 3 unspecified atom stereocenters. The smallest absolute Gasteiger partial charge is 0.251 e. The number of carbonyl (C=O) groups excluding carboxylic acids is 2. The Balaban J connectivity index is 1.92. The summed E-state index contributed by atoms with van der Waals surface area (Å²) < 4.78 is 2.86. The zero-order valence-electron chi connectivity index (χ0n) is 20.0. The van der Waals surface area contributed by atoms with E-state index in [9.17, 15) is 9.59 Å². The monoisotopic (exact) mass is 512 g/mol. The van der Waals surface area contributed by atoms with Crippen LogP contribution in [0.25, 0.3) is 11.0 Å². The molecule has 176 valence electrons. The second-order valence-electron chi connectivity index (χ2n) is 8.56. The van der Waals surface area contributed by atoms with Crippen LogP contribution in [0.2, 0.25) is 0 Å². The molecule has 1 heterocycles. The summed E-state index contributed by atoms with van der Waals surface area (Å²) in [6.07, 6.45) is 1.79. The van der Waals surface area contributed by atoms with Crippen molar-refractivity contribution in [1.82, 2.24) is 19.8 Å². The average Bonchev–Trinajstić information content (AvgIpc) is 3.17. The normalized spacial score (nSPS) is 14.0. The number of halogens is 1. The number of nitrogens with zero attached hydrogens (tertiary/aromatic N) is 3. The van der Waals surface area contributed by atoms with Crippen molar-refractivity contribution in [3.8, 4) is 0 Å². The molecule has 0 aliphatic rings. The van der Waals surface area contributed by atoms with E-state index in [4.69, 9.17) is 4.98 Å². The minimum absolute atomic E-state index is 0.0644. The van der Waals surface area contributed by atoms with Crippen LogP contribution in [-0.2, 0) is 11.3 Å². The second kappa shape index (κ2) is 11.0. The standard InChI is InChI=1S/C26H33BrN4O2/c1-6-17(3)31(18(4)7-2)24(32)16-30-23-11-9-8-10-22(23)29-25(30)19(5)28-26(33)20-12-14-21(27)15-13-20/h8-15,17-19H,6-7,16H2,1-5H3,(H,28,33). The third-order valence-corrected chi connectivity index (χ3v) is 6.77. The van der Waals surface area contributed by atoms with E-state index in [1.807, 2.05) is 52.8 Å². The Labute approximate surface area is 204 Å². The fraction of sp³-hybridized carbons (Fsp3) is 0.423. The number of hydrogen-bond acceptors (Lipinski definition) is 3. The lowest BCUT2D eigenvalue weighted by Gasteiger charge is -2.34.